The Kier molecular flexibility index (Phi) is 6.26. The van der Waals surface area contributed by atoms with E-state index in [0.29, 0.717) is 40.4 Å². The predicted molar refractivity (Wildman–Crippen MR) is 134 cm³/mol. The lowest BCUT2D eigenvalue weighted by molar-refractivity contribution is 0.128. The molecule has 3 atom stereocenters. The van der Waals surface area contributed by atoms with Crippen LogP contribution < -0.4 is 26.6 Å². The number of hydrogen-bond donors (Lipinski definition) is 5. The van der Waals surface area contributed by atoms with Crippen LogP contribution in [0.4, 0.5) is 11.5 Å². The number of hydrazine groups is 1. The molecule has 1 aromatic carbocycles. The van der Waals surface area contributed by atoms with Crippen molar-refractivity contribution in [2.24, 2.45) is 0 Å². The van der Waals surface area contributed by atoms with E-state index >= 15 is 0 Å². The summed E-state index contributed by atoms with van der Waals surface area (Å²) in [6.45, 7) is 5.53. The Morgan fingerprint density at radius 1 is 1.32 bits per heavy atom. The van der Waals surface area contributed by atoms with Crippen LogP contribution in [0.2, 0.25) is 5.02 Å². The van der Waals surface area contributed by atoms with Crippen LogP contribution in [0, 0.1) is 0 Å². The molecular weight excluding hydrogens is 454 g/mol. The molecule has 0 bridgehead atoms. The molecule has 5 N–H and O–H groups in total. The average Bonchev–Trinajstić information content (AvgIpc) is 3.15. The standard InChI is InChI=1S/C24H28ClN7O2/c1-13-12-32(31-14(13)2)23-4-3-15(10-27-23)7-22-29-19-9-20(17(25)8-16(19)24(34)30-22)28-18-5-6-26-11-21(18)33/h3-4,8-10,12,14,18,21,26,28,31,33H,5-7,11H2,1-2H3,(H,29,30,34). The number of anilines is 2. The number of β-amino-alcohol motifs (C(OH)–C–C–N with tert-alkyl or cyclic N) is 1. The van der Waals surface area contributed by atoms with Crippen LogP contribution in [0.5, 0.6) is 0 Å². The number of aliphatic hydroxyl groups excluding tert-OH is 1. The number of aliphatic hydroxyl groups is 1. The van der Waals surface area contributed by atoms with Crippen molar-refractivity contribution in [3.63, 3.8) is 0 Å². The monoisotopic (exact) mass is 481 g/mol. The van der Waals surface area contributed by atoms with Gasteiger partial charge in [-0.3, -0.25) is 9.80 Å². The normalized spacial score (nSPS) is 22.8. The Morgan fingerprint density at radius 2 is 2.18 bits per heavy atom. The Labute approximate surface area is 202 Å². The van der Waals surface area contributed by atoms with Gasteiger partial charge in [-0.25, -0.2) is 15.4 Å². The summed E-state index contributed by atoms with van der Waals surface area (Å²) in [5.41, 5.74) is 6.49. The first kappa shape index (κ1) is 22.8. The molecule has 10 heteroatoms. The molecule has 1 saturated heterocycles. The fraction of sp³-hybridized carbons (Fsp3) is 0.375. The van der Waals surface area contributed by atoms with Crippen LogP contribution in [0.25, 0.3) is 10.9 Å². The maximum Gasteiger partial charge on any atom is 0.258 e. The van der Waals surface area contributed by atoms with Crippen LogP contribution in [-0.2, 0) is 6.42 Å². The minimum absolute atomic E-state index is 0.117. The van der Waals surface area contributed by atoms with E-state index in [4.69, 9.17) is 11.6 Å². The number of H-pyrrole nitrogens is 1. The van der Waals surface area contributed by atoms with Crippen LogP contribution in [0.3, 0.4) is 0 Å². The number of aromatic amines is 1. The molecule has 2 aromatic heterocycles. The largest absolute Gasteiger partial charge is 0.390 e. The number of aromatic nitrogens is 3. The zero-order valence-corrected chi connectivity index (χ0v) is 19.9. The summed E-state index contributed by atoms with van der Waals surface area (Å²) < 4.78 is 0. The van der Waals surface area contributed by atoms with E-state index < -0.39 is 6.10 Å². The van der Waals surface area contributed by atoms with Gasteiger partial charge in [0.2, 0.25) is 0 Å². The number of nitrogens with one attached hydrogen (secondary N) is 4. The van der Waals surface area contributed by atoms with E-state index in [-0.39, 0.29) is 17.6 Å². The minimum Gasteiger partial charge on any atom is -0.390 e. The molecule has 0 spiro atoms. The van der Waals surface area contributed by atoms with Crippen molar-refractivity contribution in [3.05, 3.63) is 69.0 Å². The number of nitrogens with zero attached hydrogens (tertiary/aromatic N) is 3. The number of hydrogen-bond acceptors (Lipinski definition) is 8. The molecule has 9 nitrogen and oxygen atoms in total. The Morgan fingerprint density at radius 3 is 2.88 bits per heavy atom. The van der Waals surface area contributed by atoms with E-state index in [0.717, 1.165) is 24.3 Å². The first-order chi connectivity index (χ1) is 16.4. The second-order valence-corrected chi connectivity index (χ2v) is 9.38. The van der Waals surface area contributed by atoms with Gasteiger partial charge in [0.15, 0.2) is 0 Å². The van der Waals surface area contributed by atoms with E-state index in [1.165, 1.54) is 5.57 Å². The Bertz CT molecular complexity index is 1290. The Balaban J connectivity index is 1.37. The lowest BCUT2D eigenvalue weighted by Crippen LogP contribution is -2.47. The molecule has 3 unspecified atom stereocenters. The summed E-state index contributed by atoms with van der Waals surface area (Å²) in [5.74, 6) is 1.35. The van der Waals surface area contributed by atoms with Gasteiger partial charge in [0.05, 0.1) is 33.8 Å². The summed E-state index contributed by atoms with van der Waals surface area (Å²) in [6, 6.07) is 7.48. The number of rotatable bonds is 5. The van der Waals surface area contributed by atoms with Gasteiger partial charge in [-0.05, 0) is 56.1 Å². The van der Waals surface area contributed by atoms with Crippen LogP contribution in [-0.4, -0.2) is 51.3 Å². The van der Waals surface area contributed by atoms with Crippen molar-refractivity contribution in [3.8, 4) is 0 Å². The maximum atomic E-state index is 12.7. The van der Waals surface area contributed by atoms with Crippen LogP contribution >= 0.6 is 11.6 Å². The van der Waals surface area contributed by atoms with Crippen molar-refractivity contribution in [1.82, 2.24) is 25.7 Å². The summed E-state index contributed by atoms with van der Waals surface area (Å²) in [7, 11) is 0. The highest BCUT2D eigenvalue weighted by molar-refractivity contribution is 6.34. The minimum atomic E-state index is -0.517. The third-order valence-electron chi connectivity index (χ3n) is 6.41. The van der Waals surface area contributed by atoms with Crippen molar-refractivity contribution in [2.75, 3.05) is 23.4 Å². The molecule has 34 heavy (non-hydrogen) atoms. The van der Waals surface area contributed by atoms with Crippen molar-refractivity contribution >= 4 is 34.0 Å². The quantitative estimate of drug-likeness (QED) is 0.377. The first-order valence-corrected chi connectivity index (χ1v) is 11.8. The van der Waals surface area contributed by atoms with Gasteiger partial charge in [-0.2, -0.15) is 0 Å². The van der Waals surface area contributed by atoms with Gasteiger partial charge in [0.1, 0.15) is 11.6 Å². The van der Waals surface area contributed by atoms with Crippen molar-refractivity contribution < 1.29 is 5.11 Å². The molecule has 0 saturated carbocycles. The van der Waals surface area contributed by atoms with Crippen molar-refractivity contribution in [1.29, 1.82) is 0 Å². The fourth-order valence-corrected chi connectivity index (χ4v) is 4.48. The van der Waals surface area contributed by atoms with Gasteiger partial charge in [-0.1, -0.05) is 17.7 Å². The SMILES string of the molecule is CC1=CN(c2ccc(Cc3nc4cc(NC5CCNCC5O)c(Cl)cc4c(=O)[nH]3)cn2)NC1C. The average molecular weight is 482 g/mol. The highest BCUT2D eigenvalue weighted by Gasteiger charge is 2.23. The number of benzene rings is 1. The third-order valence-corrected chi connectivity index (χ3v) is 6.72. The molecule has 4 heterocycles. The number of piperidine rings is 1. The van der Waals surface area contributed by atoms with Crippen LogP contribution in [0.1, 0.15) is 31.7 Å². The molecule has 3 aromatic rings. The number of halogens is 1. The highest BCUT2D eigenvalue weighted by atomic mass is 35.5. The topological polar surface area (TPSA) is 118 Å². The van der Waals surface area contributed by atoms with Gasteiger partial charge >= 0.3 is 0 Å². The zero-order chi connectivity index (χ0) is 23.8. The summed E-state index contributed by atoms with van der Waals surface area (Å²) in [4.78, 5) is 24.8. The molecule has 0 aliphatic carbocycles. The predicted octanol–water partition coefficient (Wildman–Crippen LogP) is 2.31. The van der Waals surface area contributed by atoms with Gasteiger partial charge in [0, 0.05) is 31.4 Å². The molecule has 178 valence electrons. The van der Waals surface area contributed by atoms with E-state index in [1.807, 2.05) is 23.3 Å². The molecule has 2 aliphatic rings. The number of pyridine rings is 1. The summed E-state index contributed by atoms with van der Waals surface area (Å²) in [6.07, 6.45) is 4.52. The smallest absolute Gasteiger partial charge is 0.258 e. The third kappa shape index (κ3) is 4.65. The zero-order valence-electron chi connectivity index (χ0n) is 19.1. The van der Waals surface area contributed by atoms with E-state index in [1.54, 1.807) is 18.3 Å². The molecular formula is C24H28ClN7O2. The van der Waals surface area contributed by atoms with E-state index in [9.17, 15) is 9.90 Å². The first-order valence-electron chi connectivity index (χ1n) is 11.4. The molecule has 2 aliphatic heterocycles. The molecule has 0 radical (unpaired) electrons. The lowest BCUT2D eigenvalue weighted by Gasteiger charge is -2.30. The van der Waals surface area contributed by atoms with Gasteiger partial charge in [-0.15, -0.1) is 0 Å². The maximum absolute atomic E-state index is 12.7. The fourth-order valence-electron chi connectivity index (χ4n) is 4.27. The second kappa shape index (κ2) is 9.34. The molecule has 1 fully saturated rings. The Hall–Kier alpha value is -2.98. The number of fused-ring (bicyclic) bond motifs is 1. The van der Waals surface area contributed by atoms with Crippen LogP contribution in [0.15, 0.2) is 47.0 Å². The highest BCUT2D eigenvalue weighted by Crippen LogP contribution is 2.28. The summed E-state index contributed by atoms with van der Waals surface area (Å²) in [5, 5.41) is 19.5. The molecule has 0 amide bonds. The summed E-state index contributed by atoms with van der Waals surface area (Å²) >= 11 is 6.44. The van der Waals surface area contributed by atoms with Crippen molar-refractivity contribution in [2.45, 2.75) is 44.9 Å². The van der Waals surface area contributed by atoms with E-state index in [2.05, 4.69) is 44.9 Å². The second-order valence-electron chi connectivity index (χ2n) is 8.97. The lowest BCUT2D eigenvalue weighted by atomic mass is 10.0. The van der Waals surface area contributed by atoms with Gasteiger partial charge < -0.3 is 20.7 Å². The molecule has 5 rings (SSSR count). The van der Waals surface area contributed by atoms with Gasteiger partial charge in [0.25, 0.3) is 5.56 Å².